The van der Waals surface area contributed by atoms with E-state index in [-0.39, 0.29) is 5.69 Å². The van der Waals surface area contributed by atoms with Gasteiger partial charge in [0.15, 0.2) is 17.2 Å². The van der Waals surface area contributed by atoms with Crippen LogP contribution in [-0.4, -0.2) is 25.7 Å². The first-order valence-corrected chi connectivity index (χ1v) is 5.84. The third-order valence-corrected chi connectivity index (χ3v) is 3.32. The van der Waals surface area contributed by atoms with Gasteiger partial charge in [0.25, 0.3) is 0 Å². The molecule has 1 saturated carbocycles. The number of carboxylic acid groups (broad SMARTS) is 1. The number of rotatable bonds is 2. The molecule has 0 atom stereocenters. The summed E-state index contributed by atoms with van der Waals surface area (Å²) in [4.78, 5) is 15.5. The van der Waals surface area contributed by atoms with Crippen molar-refractivity contribution in [3.8, 4) is 0 Å². The van der Waals surface area contributed by atoms with Gasteiger partial charge >= 0.3 is 5.97 Å². The summed E-state index contributed by atoms with van der Waals surface area (Å²) >= 11 is 0. The van der Waals surface area contributed by atoms with Gasteiger partial charge in [-0.1, -0.05) is 18.9 Å². The minimum absolute atomic E-state index is 0.166. The molecule has 5 heteroatoms. The topological polar surface area (TPSA) is 67.5 Å². The molecule has 0 bridgehead atoms. The highest BCUT2D eigenvalue weighted by Gasteiger charge is 2.22. The molecule has 3 rings (SSSR count). The van der Waals surface area contributed by atoms with Gasteiger partial charge in [0, 0.05) is 5.92 Å². The Bertz CT molecular complexity index is 570. The number of carbonyl (C=O) groups is 1. The molecule has 2 aromatic heterocycles. The number of hydrogen-bond acceptors (Lipinski definition) is 3. The highest BCUT2D eigenvalue weighted by molar-refractivity contribution is 5.86. The van der Waals surface area contributed by atoms with Crippen LogP contribution in [0.3, 0.4) is 0 Å². The maximum absolute atomic E-state index is 11.1. The average molecular weight is 231 g/mol. The number of aromatic carboxylic acids is 1. The smallest absolute Gasteiger partial charge is 0.354 e. The van der Waals surface area contributed by atoms with Crippen LogP contribution in [0.4, 0.5) is 0 Å². The lowest BCUT2D eigenvalue weighted by atomic mass is 10.1. The van der Waals surface area contributed by atoms with Crippen molar-refractivity contribution in [2.45, 2.75) is 31.6 Å². The van der Waals surface area contributed by atoms with E-state index in [9.17, 15) is 4.79 Å². The van der Waals surface area contributed by atoms with E-state index in [4.69, 9.17) is 5.11 Å². The molecule has 0 aromatic carbocycles. The quantitative estimate of drug-likeness (QED) is 0.859. The van der Waals surface area contributed by atoms with Gasteiger partial charge in [-0.2, -0.15) is 5.10 Å². The Morgan fingerprint density at radius 1 is 1.35 bits per heavy atom. The van der Waals surface area contributed by atoms with Crippen molar-refractivity contribution < 1.29 is 9.90 Å². The summed E-state index contributed by atoms with van der Waals surface area (Å²) < 4.78 is 1.43. The number of hydrogen-bond donors (Lipinski definition) is 1. The fourth-order valence-corrected chi connectivity index (χ4v) is 2.44. The molecule has 1 aliphatic rings. The zero-order valence-corrected chi connectivity index (χ0v) is 9.33. The fraction of sp³-hybridized carbons (Fsp3) is 0.417. The van der Waals surface area contributed by atoms with Gasteiger partial charge in [-0.3, -0.25) is 0 Å². The van der Waals surface area contributed by atoms with E-state index in [2.05, 4.69) is 10.1 Å². The SMILES string of the molecule is O=C(O)c1cccc2nc(C3CCCC3)nn12. The molecule has 0 radical (unpaired) electrons. The number of nitrogens with zero attached hydrogens (tertiary/aromatic N) is 3. The summed E-state index contributed by atoms with van der Waals surface area (Å²) in [5.74, 6) is 0.214. The first-order valence-electron chi connectivity index (χ1n) is 5.84. The summed E-state index contributed by atoms with van der Waals surface area (Å²) in [5, 5.41) is 13.4. The van der Waals surface area contributed by atoms with E-state index in [1.54, 1.807) is 18.2 Å². The third-order valence-electron chi connectivity index (χ3n) is 3.32. The van der Waals surface area contributed by atoms with Gasteiger partial charge in [-0.05, 0) is 25.0 Å². The standard InChI is InChI=1S/C12H13N3O2/c16-12(17)9-6-3-7-10-13-11(14-15(9)10)8-4-1-2-5-8/h3,6-8H,1-2,4-5H2,(H,16,17). The zero-order valence-electron chi connectivity index (χ0n) is 9.33. The van der Waals surface area contributed by atoms with E-state index in [1.165, 1.54) is 17.4 Å². The first-order chi connectivity index (χ1) is 8.25. The molecule has 0 spiro atoms. The second-order valence-electron chi connectivity index (χ2n) is 4.44. The van der Waals surface area contributed by atoms with Crippen LogP contribution >= 0.6 is 0 Å². The van der Waals surface area contributed by atoms with Crippen LogP contribution in [-0.2, 0) is 0 Å². The maximum Gasteiger partial charge on any atom is 0.354 e. The molecule has 88 valence electrons. The van der Waals surface area contributed by atoms with Crippen molar-refractivity contribution in [1.82, 2.24) is 14.6 Å². The van der Waals surface area contributed by atoms with Crippen LogP contribution in [0.15, 0.2) is 18.2 Å². The molecule has 1 N–H and O–H groups in total. The Morgan fingerprint density at radius 3 is 2.82 bits per heavy atom. The summed E-state index contributed by atoms with van der Waals surface area (Å²) in [6.07, 6.45) is 4.65. The summed E-state index contributed by atoms with van der Waals surface area (Å²) in [6, 6.07) is 5.03. The van der Waals surface area contributed by atoms with E-state index >= 15 is 0 Å². The van der Waals surface area contributed by atoms with Crippen molar-refractivity contribution in [2.24, 2.45) is 0 Å². The van der Waals surface area contributed by atoms with Crippen LogP contribution in [0.1, 0.15) is 47.9 Å². The van der Waals surface area contributed by atoms with Gasteiger partial charge in [-0.15, -0.1) is 0 Å². The van der Waals surface area contributed by atoms with Crippen LogP contribution in [0, 0.1) is 0 Å². The molecule has 1 aliphatic carbocycles. The Labute approximate surface area is 98.1 Å². The molecule has 1 fully saturated rings. The van der Waals surface area contributed by atoms with Crippen LogP contribution in [0.2, 0.25) is 0 Å². The molecule has 5 nitrogen and oxygen atoms in total. The van der Waals surface area contributed by atoms with Crippen molar-refractivity contribution in [3.63, 3.8) is 0 Å². The lowest BCUT2D eigenvalue weighted by molar-refractivity contribution is 0.0687. The van der Waals surface area contributed by atoms with E-state index in [0.717, 1.165) is 18.7 Å². The molecular weight excluding hydrogens is 218 g/mol. The molecule has 2 heterocycles. The average Bonchev–Trinajstić information content (AvgIpc) is 2.96. The van der Waals surface area contributed by atoms with Gasteiger partial charge in [0.1, 0.15) is 0 Å². The van der Waals surface area contributed by atoms with Gasteiger partial charge in [0.2, 0.25) is 0 Å². The monoisotopic (exact) mass is 231 g/mol. The molecule has 0 unspecified atom stereocenters. The minimum atomic E-state index is -0.974. The Balaban J connectivity index is 2.11. The Morgan fingerprint density at radius 2 is 2.12 bits per heavy atom. The zero-order chi connectivity index (χ0) is 11.8. The van der Waals surface area contributed by atoms with Crippen molar-refractivity contribution in [2.75, 3.05) is 0 Å². The normalized spacial score (nSPS) is 16.7. The molecule has 2 aromatic rings. The minimum Gasteiger partial charge on any atom is -0.477 e. The van der Waals surface area contributed by atoms with Gasteiger partial charge in [0.05, 0.1) is 0 Å². The predicted octanol–water partition coefficient (Wildman–Crippen LogP) is 2.09. The van der Waals surface area contributed by atoms with Gasteiger partial charge < -0.3 is 5.11 Å². The van der Waals surface area contributed by atoms with Gasteiger partial charge in [-0.25, -0.2) is 14.3 Å². The van der Waals surface area contributed by atoms with Crippen molar-refractivity contribution >= 4 is 11.6 Å². The third kappa shape index (κ3) is 1.67. The highest BCUT2D eigenvalue weighted by Crippen LogP contribution is 2.32. The number of pyridine rings is 1. The number of fused-ring (bicyclic) bond motifs is 1. The largest absolute Gasteiger partial charge is 0.477 e. The molecule has 0 saturated heterocycles. The summed E-state index contributed by atoms with van der Waals surface area (Å²) in [6.45, 7) is 0. The van der Waals surface area contributed by atoms with E-state index in [1.807, 2.05) is 0 Å². The molecular formula is C12H13N3O2. The first kappa shape index (κ1) is 10.3. The lowest BCUT2D eigenvalue weighted by Crippen LogP contribution is -2.06. The van der Waals surface area contributed by atoms with Crippen LogP contribution in [0.25, 0.3) is 5.65 Å². The summed E-state index contributed by atoms with van der Waals surface area (Å²) in [7, 11) is 0. The molecule has 0 amide bonds. The highest BCUT2D eigenvalue weighted by atomic mass is 16.4. The van der Waals surface area contributed by atoms with Crippen LogP contribution < -0.4 is 0 Å². The van der Waals surface area contributed by atoms with Crippen molar-refractivity contribution in [1.29, 1.82) is 0 Å². The molecule has 17 heavy (non-hydrogen) atoms. The molecule has 0 aliphatic heterocycles. The Hall–Kier alpha value is -1.91. The number of carboxylic acids is 1. The van der Waals surface area contributed by atoms with E-state index < -0.39 is 5.97 Å². The van der Waals surface area contributed by atoms with Crippen molar-refractivity contribution in [3.05, 3.63) is 29.7 Å². The fourth-order valence-electron chi connectivity index (χ4n) is 2.44. The maximum atomic E-state index is 11.1. The predicted molar refractivity (Wildman–Crippen MR) is 61.2 cm³/mol. The second kappa shape index (κ2) is 3.84. The Kier molecular flexibility index (Phi) is 2.31. The lowest BCUT2D eigenvalue weighted by Gasteiger charge is -2.00. The van der Waals surface area contributed by atoms with E-state index in [0.29, 0.717) is 11.6 Å². The number of aromatic nitrogens is 3. The second-order valence-corrected chi connectivity index (χ2v) is 4.44. The van der Waals surface area contributed by atoms with Crippen LogP contribution in [0.5, 0.6) is 0 Å². The summed E-state index contributed by atoms with van der Waals surface area (Å²) in [5.41, 5.74) is 0.783.